The van der Waals surface area contributed by atoms with Crippen molar-refractivity contribution in [3.63, 3.8) is 0 Å². The molecule has 1 unspecified atom stereocenters. The first-order chi connectivity index (χ1) is 9.58. The van der Waals surface area contributed by atoms with Crippen molar-refractivity contribution < 1.29 is 21.7 Å². The van der Waals surface area contributed by atoms with Gasteiger partial charge in [-0.2, -0.15) is 11.1 Å². The van der Waals surface area contributed by atoms with E-state index in [2.05, 4.69) is 56.4 Å². The van der Waals surface area contributed by atoms with Gasteiger partial charge in [-0.05, 0) is 6.42 Å². The van der Waals surface area contributed by atoms with Gasteiger partial charge in [-0.15, -0.1) is 0 Å². The largest absolute Gasteiger partial charge is 4.00 e. The van der Waals surface area contributed by atoms with Gasteiger partial charge in [0.1, 0.15) is 0 Å². The van der Waals surface area contributed by atoms with Gasteiger partial charge < -0.3 is 22.3 Å². The van der Waals surface area contributed by atoms with Crippen LogP contribution in [-0.2, 0) is 21.7 Å². The summed E-state index contributed by atoms with van der Waals surface area (Å²) in [6.45, 7) is 7.30. The Morgan fingerprint density at radius 1 is 1.00 bits per heavy atom. The summed E-state index contributed by atoms with van der Waals surface area (Å²) in [6.07, 6.45) is 9.19. The molecule has 0 aromatic heterocycles. The average molecular weight is 374 g/mol. The van der Waals surface area contributed by atoms with Gasteiger partial charge in [0.15, 0.2) is 0 Å². The molecule has 0 amide bonds. The zero-order valence-electron chi connectivity index (χ0n) is 16.5. The Bertz CT molecular complexity index is 555. The zero-order valence-corrected chi connectivity index (χ0v) is 19.1. The summed E-state index contributed by atoms with van der Waals surface area (Å²) in [7, 11) is -1.36. The summed E-state index contributed by atoms with van der Waals surface area (Å²) in [5, 5.41) is 1.59. The van der Waals surface area contributed by atoms with Crippen LogP contribution < -0.4 is 5.19 Å². The van der Waals surface area contributed by atoms with E-state index in [1.54, 1.807) is 16.3 Å². The van der Waals surface area contributed by atoms with Crippen LogP contribution in [0.15, 0.2) is 47.1 Å². The molecule has 0 fully saturated rings. The normalized spacial score (nSPS) is 19.0. The zero-order chi connectivity index (χ0) is 14.2. The van der Waals surface area contributed by atoms with E-state index < -0.39 is 8.07 Å². The second-order valence-electron chi connectivity index (χ2n) is 6.99. The first kappa shape index (κ1) is 25.9. The van der Waals surface area contributed by atoms with Gasteiger partial charge in [0.05, 0.1) is 8.07 Å². The van der Waals surface area contributed by atoms with Crippen molar-refractivity contribution in [2.24, 2.45) is 5.92 Å². The molecule has 24 heavy (non-hydrogen) atoms. The minimum atomic E-state index is -1.36. The summed E-state index contributed by atoms with van der Waals surface area (Å²) >= 11 is 0. The van der Waals surface area contributed by atoms with E-state index in [4.69, 9.17) is 0 Å². The Morgan fingerprint density at radius 3 is 2.21 bits per heavy atom. The Balaban J connectivity index is 0. The molecule has 0 aliphatic heterocycles. The molecule has 0 heterocycles. The standard InChI is InChI=1S/C19H25Si.3CH3.Ti/c1-15-13-16(19-12-8-7-11-18(15)19)14-20(2,3)17-9-5-4-6-10-17;;;;/h4-6,9-10,16H,7-8,11-12,14H2,1-3H3;3*1H3;/q4*-1;+4. The fraction of sp³-hybridized carbons (Fsp3) is 0.409. The number of hydrogen-bond acceptors (Lipinski definition) is 0. The molecule has 0 saturated heterocycles. The topological polar surface area (TPSA) is 0 Å². The van der Waals surface area contributed by atoms with Crippen molar-refractivity contribution in [3.05, 3.63) is 75.4 Å². The van der Waals surface area contributed by atoms with Crippen LogP contribution in [0.1, 0.15) is 32.6 Å². The van der Waals surface area contributed by atoms with E-state index in [-0.39, 0.29) is 44.0 Å². The third-order valence-electron chi connectivity index (χ3n) is 5.04. The number of hydrogen-bond donors (Lipinski definition) is 0. The SMILES string of the molecule is CC1=[C-]C(C[Si](C)(C)c2ccccc2)C2=C1CCCC2.[CH3-].[CH3-].[CH3-].[Ti+4]. The third kappa shape index (κ3) is 5.31. The smallest absolute Gasteiger partial charge is 0.358 e. The van der Waals surface area contributed by atoms with Crippen LogP contribution in [0.4, 0.5) is 0 Å². The summed E-state index contributed by atoms with van der Waals surface area (Å²) in [6, 6.07) is 12.5. The molecule has 0 N–H and O–H groups in total. The molecule has 1 aromatic carbocycles. The van der Waals surface area contributed by atoms with Gasteiger partial charge in [-0.25, -0.2) is 5.57 Å². The van der Waals surface area contributed by atoms with Gasteiger partial charge >= 0.3 is 21.7 Å². The maximum atomic E-state index is 3.80. The van der Waals surface area contributed by atoms with Crippen molar-refractivity contribution in [1.82, 2.24) is 0 Å². The van der Waals surface area contributed by atoms with Crippen LogP contribution in [0.3, 0.4) is 0 Å². The van der Waals surface area contributed by atoms with Crippen molar-refractivity contribution >= 4 is 13.3 Å². The predicted molar refractivity (Wildman–Crippen MR) is 109 cm³/mol. The summed E-state index contributed by atoms with van der Waals surface area (Å²) in [5.74, 6) is 0.618. The predicted octanol–water partition coefficient (Wildman–Crippen LogP) is 6.20. The number of allylic oxidation sites excluding steroid dienone is 4. The van der Waals surface area contributed by atoms with Crippen LogP contribution in [-0.4, -0.2) is 8.07 Å². The second-order valence-corrected chi connectivity index (χ2v) is 11.7. The van der Waals surface area contributed by atoms with Crippen LogP contribution in [0, 0.1) is 34.3 Å². The molecule has 2 aliphatic rings. The van der Waals surface area contributed by atoms with Gasteiger partial charge in [-0.3, -0.25) is 6.08 Å². The molecule has 3 rings (SSSR count). The third-order valence-corrected chi connectivity index (χ3v) is 8.37. The molecule has 2 aliphatic carbocycles. The molecule has 0 nitrogen and oxygen atoms in total. The molecule has 2 heteroatoms. The summed E-state index contributed by atoms with van der Waals surface area (Å²) in [4.78, 5) is 0. The van der Waals surface area contributed by atoms with E-state index in [1.807, 2.05) is 0 Å². The van der Waals surface area contributed by atoms with Crippen molar-refractivity contribution in [3.8, 4) is 0 Å². The van der Waals surface area contributed by atoms with E-state index in [0.29, 0.717) is 5.92 Å². The molecule has 0 spiro atoms. The fourth-order valence-corrected chi connectivity index (χ4v) is 6.57. The molecule has 130 valence electrons. The average Bonchev–Trinajstić information content (AvgIpc) is 2.76. The van der Waals surface area contributed by atoms with E-state index >= 15 is 0 Å². The first-order valence-electron chi connectivity index (χ1n) is 7.96. The molecular formula is C22H34SiTi. The van der Waals surface area contributed by atoms with Crippen LogP contribution in [0.25, 0.3) is 0 Å². The van der Waals surface area contributed by atoms with Gasteiger partial charge in [0.25, 0.3) is 0 Å². The van der Waals surface area contributed by atoms with Crippen molar-refractivity contribution in [2.75, 3.05) is 0 Å². The van der Waals surface area contributed by atoms with E-state index in [9.17, 15) is 0 Å². The Morgan fingerprint density at radius 2 is 1.58 bits per heavy atom. The maximum Gasteiger partial charge on any atom is 4.00 e. The molecule has 1 aromatic rings. The molecule has 1 atom stereocenters. The van der Waals surface area contributed by atoms with Crippen LogP contribution in [0.5, 0.6) is 0 Å². The summed E-state index contributed by atoms with van der Waals surface area (Å²) in [5.41, 5.74) is 4.87. The minimum Gasteiger partial charge on any atom is -0.358 e. The monoisotopic (exact) mass is 374 g/mol. The van der Waals surface area contributed by atoms with Gasteiger partial charge in [0.2, 0.25) is 0 Å². The summed E-state index contributed by atoms with van der Waals surface area (Å²) < 4.78 is 0. The minimum absolute atomic E-state index is 0. The second kappa shape index (κ2) is 10.6. The first-order valence-corrected chi connectivity index (χ1v) is 11.2. The Kier molecular flexibility index (Phi) is 11.4. The quantitative estimate of drug-likeness (QED) is 0.436. The molecule has 0 saturated carbocycles. The van der Waals surface area contributed by atoms with E-state index in [0.717, 1.165) is 0 Å². The fourth-order valence-electron chi connectivity index (χ4n) is 3.87. The van der Waals surface area contributed by atoms with E-state index in [1.165, 1.54) is 37.3 Å². The van der Waals surface area contributed by atoms with Crippen molar-refractivity contribution in [2.45, 2.75) is 51.7 Å². The van der Waals surface area contributed by atoms with Gasteiger partial charge in [0, 0.05) is 0 Å². The van der Waals surface area contributed by atoms with Crippen LogP contribution in [0.2, 0.25) is 19.1 Å². The number of rotatable bonds is 3. The molecule has 0 radical (unpaired) electrons. The van der Waals surface area contributed by atoms with Crippen LogP contribution >= 0.6 is 0 Å². The maximum absolute atomic E-state index is 3.80. The number of benzene rings is 1. The Hall–Kier alpha value is -0.369. The molecule has 0 bridgehead atoms. The van der Waals surface area contributed by atoms with Gasteiger partial charge in [-0.1, -0.05) is 86.8 Å². The Labute approximate surface area is 167 Å². The van der Waals surface area contributed by atoms with Crippen molar-refractivity contribution in [1.29, 1.82) is 0 Å². The molecular weight excluding hydrogens is 340 g/mol.